The monoisotopic (exact) mass is 186 g/mol. The van der Waals surface area contributed by atoms with E-state index in [-0.39, 0.29) is 5.54 Å². The van der Waals surface area contributed by atoms with Gasteiger partial charge in [-0.3, -0.25) is 0 Å². The first-order chi connectivity index (χ1) is 5.80. The predicted molar refractivity (Wildman–Crippen MR) is 55.3 cm³/mol. The normalized spacial score (nSPS) is 13.3. The summed E-state index contributed by atoms with van der Waals surface area (Å²) in [6.07, 6.45) is 0. The Balaban J connectivity index is 4.61. The van der Waals surface area contributed by atoms with Gasteiger partial charge >= 0.3 is 0 Å². The van der Waals surface area contributed by atoms with Gasteiger partial charge in [0.2, 0.25) is 0 Å². The second-order valence-electron chi connectivity index (χ2n) is 4.42. The zero-order valence-corrected chi connectivity index (χ0v) is 9.87. The molecule has 0 aliphatic heterocycles. The average molecular weight is 186 g/mol. The van der Waals surface area contributed by atoms with E-state index in [0.717, 1.165) is 0 Å². The highest BCUT2D eigenvalue weighted by molar-refractivity contribution is 4.71. The van der Waals surface area contributed by atoms with Crippen molar-refractivity contribution in [3.05, 3.63) is 0 Å². The Labute approximate surface area is 81.6 Å². The fourth-order valence-electron chi connectivity index (χ4n) is 0.974. The van der Waals surface area contributed by atoms with Gasteiger partial charge in [-0.1, -0.05) is 5.22 Å². The summed E-state index contributed by atoms with van der Waals surface area (Å²) in [4.78, 5) is 0. The lowest BCUT2D eigenvalue weighted by molar-refractivity contribution is -0.0980. The van der Waals surface area contributed by atoms with E-state index in [4.69, 9.17) is 0 Å². The van der Waals surface area contributed by atoms with E-state index in [0.29, 0.717) is 6.04 Å². The van der Waals surface area contributed by atoms with Crippen LogP contribution in [-0.2, 0) is 0 Å². The van der Waals surface area contributed by atoms with Crippen molar-refractivity contribution in [2.24, 2.45) is 10.3 Å². The van der Waals surface area contributed by atoms with Crippen molar-refractivity contribution in [2.45, 2.75) is 46.2 Å². The van der Waals surface area contributed by atoms with E-state index < -0.39 is 0 Å². The predicted octanol–water partition coefficient (Wildman–Crippen LogP) is 2.34. The summed E-state index contributed by atoms with van der Waals surface area (Å²) in [7, 11) is 3.71. The zero-order chi connectivity index (χ0) is 10.6. The summed E-state index contributed by atoms with van der Waals surface area (Å²) >= 11 is 0. The molecule has 0 saturated heterocycles. The molecule has 4 nitrogen and oxygen atoms in total. The Morgan fingerprint density at radius 1 is 1.15 bits per heavy atom. The highest BCUT2D eigenvalue weighted by Gasteiger charge is 2.25. The summed E-state index contributed by atoms with van der Waals surface area (Å²) in [5.41, 5.74) is -0.0292. The third-order valence-corrected chi connectivity index (χ3v) is 1.82. The summed E-state index contributed by atoms with van der Waals surface area (Å²) in [6, 6.07) is 0.421. The van der Waals surface area contributed by atoms with Crippen molar-refractivity contribution in [1.29, 1.82) is 0 Å². The van der Waals surface area contributed by atoms with Gasteiger partial charge < -0.3 is 0 Å². The molecule has 0 atom stereocenters. The zero-order valence-electron chi connectivity index (χ0n) is 9.87. The van der Waals surface area contributed by atoms with Crippen LogP contribution in [0.4, 0.5) is 0 Å². The molecule has 0 spiro atoms. The highest BCUT2D eigenvalue weighted by atomic mass is 15.8. The highest BCUT2D eigenvalue weighted by Crippen LogP contribution is 2.17. The maximum absolute atomic E-state index is 4.10. The molecule has 78 valence electrons. The quantitative estimate of drug-likeness (QED) is 0.500. The van der Waals surface area contributed by atoms with Crippen molar-refractivity contribution in [2.75, 3.05) is 14.1 Å². The summed E-state index contributed by atoms with van der Waals surface area (Å²) in [5.74, 6) is 0. The molecular formula is C9H22N4. The van der Waals surface area contributed by atoms with Crippen LogP contribution in [0, 0.1) is 0 Å². The molecular weight excluding hydrogens is 164 g/mol. The molecule has 0 fully saturated rings. The first-order valence-corrected chi connectivity index (χ1v) is 4.63. The van der Waals surface area contributed by atoms with Crippen LogP contribution in [-0.4, -0.2) is 35.8 Å². The van der Waals surface area contributed by atoms with Crippen LogP contribution < -0.4 is 0 Å². The Bertz CT molecular complexity index is 169. The Kier molecular flexibility index (Phi) is 4.33. The minimum Gasteiger partial charge on any atom is -0.203 e. The first kappa shape index (κ1) is 12.4. The molecule has 0 bridgehead atoms. The van der Waals surface area contributed by atoms with Crippen LogP contribution in [0.15, 0.2) is 10.3 Å². The number of nitrogens with zero attached hydrogens (tertiary/aromatic N) is 4. The fraction of sp³-hybridized carbons (Fsp3) is 1.00. The molecule has 0 aliphatic carbocycles. The van der Waals surface area contributed by atoms with E-state index >= 15 is 0 Å². The van der Waals surface area contributed by atoms with Crippen LogP contribution in [0.1, 0.15) is 34.6 Å². The number of hydrazine groups is 1. The van der Waals surface area contributed by atoms with Gasteiger partial charge in [0, 0.05) is 13.1 Å². The molecule has 0 unspecified atom stereocenters. The SMILES string of the molecule is C/N=N\N(N(C)C(C)C)C(C)(C)C. The molecule has 0 heterocycles. The summed E-state index contributed by atoms with van der Waals surface area (Å²) in [5, 5.41) is 11.9. The van der Waals surface area contributed by atoms with Gasteiger partial charge in [0.25, 0.3) is 0 Å². The molecule has 0 aromatic rings. The lowest BCUT2D eigenvalue weighted by Gasteiger charge is -2.40. The van der Waals surface area contributed by atoms with E-state index in [1.807, 2.05) is 12.2 Å². The lowest BCUT2D eigenvalue weighted by Crippen LogP contribution is -2.50. The minimum atomic E-state index is -0.0292. The van der Waals surface area contributed by atoms with E-state index in [1.54, 1.807) is 7.05 Å². The smallest absolute Gasteiger partial charge is 0.0686 e. The molecule has 0 aromatic heterocycles. The van der Waals surface area contributed by atoms with Crippen LogP contribution in [0.25, 0.3) is 0 Å². The Morgan fingerprint density at radius 3 is 1.85 bits per heavy atom. The molecule has 4 heteroatoms. The van der Waals surface area contributed by atoms with Gasteiger partial charge in [-0.2, -0.15) is 5.11 Å². The van der Waals surface area contributed by atoms with Gasteiger partial charge in [0.1, 0.15) is 0 Å². The molecule has 0 rings (SSSR count). The molecule has 13 heavy (non-hydrogen) atoms. The summed E-state index contributed by atoms with van der Waals surface area (Å²) < 4.78 is 0. The fourth-order valence-corrected chi connectivity index (χ4v) is 0.974. The second-order valence-corrected chi connectivity index (χ2v) is 4.42. The van der Waals surface area contributed by atoms with Crippen LogP contribution in [0.2, 0.25) is 0 Å². The molecule has 0 aliphatic rings. The van der Waals surface area contributed by atoms with Crippen molar-refractivity contribution in [3.8, 4) is 0 Å². The average Bonchev–Trinajstić information content (AvgIpc) is 1.96. The van der Waals surface area contributed by atoms with Crippen LogP contribution in [0.5, 0.6) is 0 Å². The topological polar surface area (TPSA) is 31.2 Å². The standard InChI is InChI=1S/C9H22N4/c1-8(2)12(7)13(11-10-6)9(3,4)5/h8H,1-7H3/b11-10-. The molecule has 0 amide bonds. The van der Waals surface area contributed by atoms with Crippen molar-refractivity contribution >= 4 is 0 Å². The van der Waals surface area contributed by atoms with Gasteiger partial charge in [-0.15, -0.1) is 0 Å². The van der Waals surface area contributed by atoms with Gasteiger partial charge in [-0.25, -0.2) is 10.1 Å². The van der Waals surface area contributed by atoms with Gasteiger partial charge in [0.05, 0.1) is 12.6 Å². The molecule has 0 saturated carbocycles. The first-order valence-electron chi connectivity index (χ1n) is 4.63. The van der Waals surface area contributed by atoms with Gasteiger partial charge in [0.15, 0.2) is 0 Å². The van der Waals surface area contributed by atoms with Crippen molar-refractivity contribution in [3.63, 3.8) is 0 Å². The Morgan fingerprint density at radius 2 is 1.62 bits per heavy atom. The van der Waals surface area contributed by atoms with E-state index in [2.05, 4.69) is 50.0 Å². The van der Waals surface area contributed by atoms with Gasteiger partial charge in [-0.05, 0) is 34.6 Å². The third kappa shape index (κ3) is 3.72. The maximum atomic E-state index is 4.10. The molecule has 0 aromatic carbocycles. The van der Waals surface area contributed by atoms with Crippen molar-refractivity contribution in [1.82, 2.24) is 10.1 Å². The number of hydrogen-bond donors (Lipinski definition) is 0. The van der Waals surface area contributed by atoms with Crippen LogP contribution >= 0.6 is 0 Å². The number of hydrogen-bond acceptors (Lipinski definition) is 3. The maximum Gasteiger partial charge on any atom is 0.0686 e. The minimum absolute atomic E-state index is 0.0292. The van der Waals surface area contributed by atoms with E-state index in [9.17, 15) is 0 Å². The lowest BCUT2D eigenvalue weighted by atomic mass is 10.1. The summed E-state index contributed by atoms with van der Waals surface area (Å²) in [6.45, 7) is 10.6. The third-order valence-electron chi connectivity index (χ3n) is 1.82. The second kappa shape index (κ2) is 4.56. The molecule has 0 radical (unpaired) electrons. The Hall–Kier alpha value is -0.640. The van der Waals surface area contributed by atoms with Crippen molar-refractivity contribution < 1.29 is 0 Å². The molecule has 0 N–H and O–H groups in total. The van der Waals surface area contributed by atoms with E-state index in [1.165, 1.54) is 0 Å². The van der Waals surface area contributed by atoms with Crippen LogP contribution in [0.3, 0.4) is 0 Å². The largest absolute Gasteiger partial charge is 0.203 e. The number of rotatable bonds is 3.